The molecule has 1 aliphatic heterocycles. The number of anilines is 1. The van der Waals surface area contributed by atoms with E-state index in [0.29, 0.717) is 24.7 Å². The van der Waals surface area contributed by atoms with E-state index in [1.54, 1.807) is 4.90 Å². The van der Waals surface area contributed by atoms with Crippen LogP contribution in [0.5, 0.6) is 0 Å². The van der Waals surface area contributed by atoms with Crippen LogP contribution in [-0.4, -0.2) is 40.5 Å². The van der Waals surface area contributed by atoms with Crippen LogP contribution < -0.4 is 5.73 Å². The molecule has 0 aliphatic carbocycles. The van der Waals surface area contributed by atoms with E-state index >= 15 is 0 Å². The number of carbonyl (C=O) groups excluding carboxylic acids is 1. The van der Waals surface area contributed by atoms with Crippen molar-refractivity contribution < 1.29 is 9.53 Å². The molecule has 1 amide bonds. The van der Waals surface area contributed by atoms with Gasteiger partial charge in [-0.2, -0.15) is 0 Å². The van der Waals surface area contributed by atoms with Gasteiger partial charge in [-0.15, -0.1) is 0 Å². The largest absolute Gasteiger partial charge is 0.382 e. The number of amides is 1. The Hall–Kier alpha value is -2.18. The second kappa shape index (κ2) is 6.29. The standard InChI is InChI=1S/C15H15ClN4O2/c16-11-3-1-10(2-4-11)12-9-20(7-8-22-12)15(21)13-14(17)19-6-5-18-13/h1-6,12H,7-9H2,(H2,17,19). The van der Waals surface area contributed by atoms with E-state index < -0.39 is 0 Å². The number of halogens is 1. The number of carbonyl (C=O) groups is 1. The van der Waals surface area contributed by atoms with Gasteiger partial charge in [-0.1, -0.05) is 23.7 Å². The monoisotopic (exact) mass is 318 g/mol. The molecule has 1 unspecified atom stereocenters. The summed E-state index contributed by atoms with van der Waals surface area (Å²) in [4.78, 5) is 22.1. The fourth-order valence-corrected chi connectivity index (χ4v) is 2.50. The van der Waals surface area contributed by atoms with Crippen LogP contribution in [-0.2, 0) is 4.74 Å². The lowest BCUT2D eigenvalue weighted by Crippen LogP contribution is -2.42. The maximum absolute atomic E-state index is 12.5. The number of ether oxygens (including phenoxy) is 1. The fourth-order valence-electron chi connectivity index (χ4n) is 2.38. The molecule has 2 heterocycles. The summed E-state index contributed by atoms with van der Waals surface area (Å²) in [5, 5.41) is 0.667. The molecule has 1 aromatic heterocycles. The van der Waals surface area contributed by atoms with Gasteiger partial charge >= 0.3 is 0 Å². The minimum Gasteiger partial charge on any atom is -0.382 e. The summed E-state index contributed by atoms with van der Waals surface area (Å²) in [5.74, 6) is -0.0881. The van der Waals surface area contributed by atoms with Crippen molar-refractivity contribution in [3.05, 3.63) is 52.9 Å². The zero-order valence-electron chi connectivity index (χ0n) is 11.8. The van der Waals surface area contributed by atoms with Gasteiger partial charge in [0, 0.05) is 24.0 Å². The van der Waals surface area contributed by atoms with Gasteiger partial charge in [0.05, 0.1) is 13.2 Å². The van der Waals surface area contributed by atoms with Gasteiger partial charge in [0.1, 0.15) is 6.10 Å². The highest BCUT2D eigenvalue weighted by molar-refractivity contribution is 6.30. The predicted octanol–water partition coefficient (Wildman–Crippen LogP) is 1.93. The first kappa shape index (κ1) is 14.7. The number of nitrogens with zero attached hydrogens (tertiary/aromatic N) is 3. The van der Waals surface area contributed by atoms with Gasteiger partial charge in [-0.25, -0.2) is 9.97 Å². The molecule has 22 heavy (non-hydrogen) atoms. The van der Waals surface area contributed by atoms with Gasteiger partial charge in [-0.3, -0.25) is 4.79 Å². The van der Waals surface area contributed by atoms with Crippen LogP contribution in [0.1, 0.15) is 22.2 Å². The quantitative estimate of drug-likeness (QED) is 0.915. The Labute approximate surface area is 132 Å². The lowest BCUT2D eigenvalue weighted by atomic mass is 10.1. The Morgan fingerprint density at radius 2 is 2.00 bits per heavy atom. The molecule has 0 radical (unpaired) electrons. The lowest BCUT2D eigenvalue weighted by molar-refractivity contribution is -0.0229. The summed E-state index contributed by atoms with van der Waals surface area (Å²) in [6, 6.07) is 7.42. The number of nitrogens with two attached hydrogens (primary N) is 1. The van der Waals surface area contributed by atoms with Gasteiger partial charge in [0.25, 0.3) is 5.91 Å². The number of hydrogen-bond donors (Lipinski definition) is 1. The maximum atomic E-state index is 12.5. The van der Waals surface area contributed by atoms with Crippen molar-refractivity contribution in [2.75, 3.05) is 25.4 Å². The number of benzene rings is 1. The van der Waals surface area contributed by atoms with Crippen LogP contribution in [0.25, 0.3) is 0 Å². The van der Waals surface area contributed by atoms with Crippen molar-refractivity contribution in [1.82, 2.24) is 14.9 Å². The second-order valence-corrected chi connectivity index (χ2v) is 5.39. The number of morpholine rings is 1. The van der Waals surface area contributed by atoms with Crippen molar-refractivity contribution in [2.24, 2.45) is 0 Å². The number of aromatic nitrogens is 2. The summed E-state index contributed by atoms with van der Waals surface area (Å²) in [7, 11) is 0. The average Bonchev–Trinajstić information content (AvgIpc) is 2.55. The summed E-state index contributed by atoms with van der Waals surface area (Å²) in [6.07, 6.45) is 2.73. The lowest BCUT2D eigenvalue weighted by Gasteiger charge is -2.33. The number of rotatable bonds is 2. The highest BCUT2D eigenvalue weighted by Gasteiger charge is 2.28. The highest BCUT2D eigenvalue weighted by atomic mass is 35.5. The SMILES string of the molecule is Nc1nccnc1C(=O)N1CCOC(c2ccc(Cl)cc2)C1. The first-order chi connectivity index (χ1) is 10.6. The van der Waals surface area contributed by atoms with Gasteiger partial charge in [-0.05, 0) is 17.7 Å². The minimum atomic E-state index is -0.229. The summed E-state index contributed by atoms with van der Waals surface area (Å²) in [6.45, 7) is 1.40. The molecular weight excluding hydrogens is 304 g/mol. The number of nitrogen functional groups attached to an aromatic ring is 1. The van der Waals surface area contributed by atoms with Crippen molar-refractivity contribution in [2.45, 2.75) is 6.10 Å². The van der Waals surface area contributed by atoms with Crippen LogP contribution in [0.3, 0.4) is 0 Å². The molecule has 0 spiro atoms. The molecule has 2 aromatic rings. The zero-order chi connectivity index (χ0) is 15.5. The minimum absolute atomic E-state index is 0.141. The Kier molecular flexibility index (Phi) is 4.22. The molecular formula is C15H15ClN4O2. The Bertz CT molecular complexity index is 677. The van der Waals surface area contributed by atoms with Crippen molar-refractivity contribution in [3.63, 3.8) is 0 Å². The summed E-state index contributed by atoms with van der Waals surface area (Å²) in [5.41, 5.74) is 6.88. The molecule has 0 bridgehead atoms. The molecule has 6 nitrogen and oxygen atoms in total. The fraction of sp³-hybridized carbons (Fsp3) is 0.267. The van der Waals surface area contributed by atoms with E-state index in [4.69, 9.17) is 22.1 Å². The maximum Gasteiger partial charge on any atom is 0.276 e. The van der Waals surface area contributed by atoms with Crippen LogP contribution in [0, 0.1) is 0 Å². The van der Waals surface area contributed by atoms with Gasteiger partial charge in [0.15, 0.2) is 11.5 Å². The van der Waals surface area contributed by atoms with Crippen LogP contribution >= 0.6 is 11.6 Å². The Balaban J connectivity index is 1.77. The predicted molar refractivity (Wildman–Crippen MR) is 82.5 cm³/mol. The van der Waals surface area contributed by atoms with Gasteiger partial charge < -0.3 is 15.4 Å². The molecule has 114 valence electrons. The molecule has 1 saturated heterocycles. The third kappa shape index (κ3) is 3.03. The Morgan fingerprint density at radius 1 is 1.27 bits per heavy atom. The van der Waals surface area contributed by atoms with Crippen LogP contribution in [0.2, 0.25) is 5.02 Å². The van der Waals surface area contributed by atoms with E-state index in [9.17, 15) is 4.79 Å². The average molecular weight is 319 g/mol. The van der Waals surface area contributed by atoms with Crippen LogP contribution in [0.15, 0.2) is 36.7 Å². The molecule has 1 fully saturated rings. The van der Waals surface area contributed by atoms with E-state index in [-0.39, 0.29) is 23.5 Å². The third-order valence-electron chi connectivity index (χ3n) is 3.52. The molecule has 3 rings (SSSR count). The molecule has 2 N–H and O–H groups in total. The van der Waals surface area contributed by atoms with Crippen LogP contribution in [0.4, 0.5) is 5.82 Å². The third-order valence-corrected chi connectivity index (χ3v) is 3.78. The normalized spacial score (nSPS) is 18.2. The number of hydrogen-bond acceptors (Lipinski definition) is 5. The summed E-state index contributed by atoms with van der Waals surface area (Å²) >= 11 is 5.89. The Morgan fingerprint density at radius 3 is 2.73 bits per heavy atom. The summed E-state index contributed by atoms with van der Waals surface area (Å²) < 4.78 is 5.75. The van der Waals surface area contributed by atoms with Crippen molar-refractivity contribution >= 4 is 23.3 Å². The van der Waals surface area contributed by atoms with Crippen molar-refractivity contribution in [3.8, 4) is 0 Å². The topological polar surface area (TPSA) is 81.3 Å². The molecule has 1 aliphatic rings. The van der Waals surface area contributed by atoms with Gasteiger partial charge in [0.2, 0.25) is 0 Å². The van der Waals surface area contributed by atoms with Crippen molar-refractivity contribution in [1.29, 1.82) is 0 Å². The second-order valence-electron chi connectivity index (χ2n) is 4.95. The first-order valence-corrected chi connectivity index (χ1v) is 7.26. The molecule has 1 atom stereocenters. The first-order valence-electron chi connectivity index (χ1n) is 6.88. The van der Waals surface area contributed by atoms with E-state index in [1.165, 1.54) is 12.4 Å². The molecule has 7 heteroatoms. The highest BCUT2D eigenvalue weighted by Crippen LogP contribution is 2.24. The van der Waals surface area contributed by atoms with E-state index in [1.807, 2.05) is 24.3 Å². The van der Waals surface area contributed by atoms with E-state index in [0.717, 1.165) is 5.56 Å². The smallest absolute Gasteiger partial charge is 0.276 e. The van der Waals surface area contributed by atoms with E-state index in [2.05, 4.69) is 9.97 Å². The zero-order valence-corrected chi connectivity index (χ0v) is 12.5. The molecule has 1 aromatic carbocycles. The molecule has 0 saturated carbocycles.